The largest absolute Gasteiger partial charge is 0.534 e. The van der Waals surface area contributed by atoms with Crippen molar-refractivity contribution in [2.24, 2.45) is 0 Å². The molecule has 4 aromatic rings. The third kappa shape index (κ3) is 4.95. The fraction of sp³-hybridized carbons (Fsp3) is 0.226. The summed E-state index contributed by atoms with van der Waals surface area (Å²) in [5.41, 5.74) is 2.86. The number of aryl methyl sites for hydroxylation is 5. The molecule has 7 heteroatoms. The topological polar surface area (TPSA) is 43.4 Å². The summed E-state index contributed by atoms with van der Waals surface area (Å²) in [5, 5.41) is 0. The monoisotopic (exact) mass is 538 g/mol. The van der Waals surface area contributed by atoms with Crippen LogP contribution in [0.15, 0.2) is 84.9 Å². The van der Waals surface area contributed by atoms with Crippen molar-refractivity contribution >= 4 is 10.1 Å². The van der Waals surface area contributed by atoms with Gasteiger partial charge in [-0.3, -0.25) is 0 Å². The fourth-order valence-electron chi connectivity index (χ4n) is 4.69. The Hall–Kier alpha value is -3.58. The number of alkyl halides is 3. The van der Waals surface area contributed by atoms with Crippen LogP contribution in [0.4, 0.5) is 13.2 Å². The highest BCUT2D eigenvalue weighted by Crippen LogP contribution is 2.46. The van der Waals surface area contributed by atoms with Crippen molar-refractivity contribution < 1.29 is 25.8 Å². The molecule has 0 aromatic heterocycles. The molecule has 0 atom stereocenters. The van der Waals surface area contributed by atoms with Crippen LogP contribution in [0.2, 0.25) is 0 Å². The van der Waals surface area contributed by atoms with Crippen molar-refractivity contribution in [2.45, 2.75) is 45.5 Å². The molecule has 0 amide bonds. The number of hydrogen-bond acceptors (Lipinski definition) is 3. The molecule has 3 nitrogen and oxygen atoms in total. The van der Waals surface area contributed by atoms with Gasteiger partial charge in [-0.2, -0.15) is 21.6 Å². The molecule has 0 fully saturated rings. The quantitative estimate of drug-likeness (QED) is 0.143. The minimum absolute atomic E-state index is 0.413. The maximum absolute atomic E-state index is 12.9. The summed E-state index contributed by atoms with van der Waals surface area (Å²) in [6.07, 6.45) is 0. The van der Waals surface area contributed by atoms with E-state index < -0.39 is 26.8 Å². The molecule has 0 radical (unpaired) electrons. The lowest BCUT2D eigenvalue weighted by Gasteiger charge is -2.37. The second-order valence-electron chi connectivity index (χ2n) is 9.72. The van der Waals surface area contributed by atoms with Gasteiger partial charge in [-0.15, -0.1) is 0 Å². The van der Waals surface area contributed by atoms with Gasteiger partial charge in [0.2, 0.25) is 0 Å². The van der Waals surface area contributed by atoms with E-state index >= 15 is 0 Å². The lowest BCUT2D eigenvalue weighted by atomic mass is 9.64. The van der Waals surface area contributed by atoms with E-state index in [0.717, 1.165) is 50.1 Å². The average Bonchev–Trinajstić information content (AvgIpc) is 2.85. The Labute approximate surface area is 222 Å². The molecule has 38 heavy (non-hydrogen) atoms. The van der Waals surface area contributed by atoms with E-state index in [4.69, 9.17) is 0 Å². The van der Waals surface area contributed by atoms with Crippen molar-refractivity contribution in [2.75, 3.05) is 0 Å². The van der Waals surface area contributed by atoms with Gasteiger partial charge in [0.05, 0.1) is 5.41 Å². The summed E-state index contributed by atoms with van der Waals surface area (Å²) in [7, 11) is -5.78. The Morgan fingerprint density at radius 2 is 0.947 bits per heavy atom. The zero-order valence-corrected chi connectivity index (χ0v) is 22.7. The number of benzene rings is 4. The van der Waals surface area contributed by atoms with Crippen molar-refractivity contribution in [1.82, 2.24) is 0 Å². The minimum Gasteiger partial charge on any atom is -0.376 e. The maximum Gasteiger partial charge on any atom is 0.534 e. The lowest BCUT2D eigenvalue weighted by molar-refractivity contribution is -0.0500. The van der Waals surface area contributed by atoms with Crippen LogP contribution in [-0.2, 0) is 15.5 Å². The van der Waals surface area contributed by atoms with E-state index in [2.05, 4.69) is 52.7 Å². The van der Waals surface area contributed by atoms with Crippen LogP contribution >= 0.6 is 0 Å². The number of rotatable bonds is 6. The summed E-state index contributed by atoms with van der Waals surface area (Å²) < 4.78 is 66.3. The van der Waals surface area contributed by atoms with Gasteiger partial charge in [0.1, 0.15) is 5.75 Å². The van der Waals surface area contributed by atoms with Crippen molar-refractivity contribution in [3.8, 4) is 5.75 Å². The molecule has 4 aromatic carbocycles. The molecular weight excluding hydrogens is 509 g/mol. The third-order valence-electron chi connectivity index (χ3n) is 7.14. The standard InChI is InChI=1S/C31H29F3O3S/c1-20-6-10-25(11-7-20)30(27-12-8-21(2)23(4)18-27,28-13-9-22(3)24(5)19-28)26-14-16-29(17-15-26)37-38(35,36)31(32,33)34/h6-19H,1-5H3. The second kappa shape index (κ2) is 9.95. The van der Waals surface area contributed by atoms with Crippen molar-refractivity contribution in [3.63, 3.8) is 0 Å². The van der Waals surface area contributed by atoms with Crippen LogP contribution < -0.4 is 4.18 Å². The van der Waals surface area contributed by atoms with Crippen molar-refractivity contribution in [1.29, 1.82) is 0 Å². The van der Waals surface area contributed by atoms with Gasteiger partial charge in [0.25, 0.3) is 0 Å². The predicted molar refractivity (Wildman–Crippen MR) is 144 cm³/mol. The summed E-state index contributed by atoms with van der Waals surface area (Å²) in [6, 6.07) is 26.5. The molecule has 0 heterocycles. The Morgan fingerprint density at radius 1 is 0.553 bits per heavy atom. The molecule has 198 valence electrons. The first-order valence-corrected chi connectivity index (χ1v) is 13.5. The summed E-state index contributed by atoms with van der Waals surface area (Å²) in [5.74, 6) is -0.413. The molecule has 0 aliphatic rings. The predicted octanol–water partition coefficient (Wildman–Crippen LogP) is 7.84. The van der Waals surface area contributed by atoms with Crippen molar-refractivity contribution in [3.05, 3.63) is 135 Å². The van der Waals surface area contributed by atoms with Crippen LogP contribution in [0.5, 0.6) is 5.75 Å². The molecule has 0 unspecified atom stereocenters. The highest BCUT2D eigenvalue weighted by molar-refractivity contribution is 7.88. The van der Waals surface area contributed by atoms with Gasteiger partial charge in [0, 0.05) is 0 Å². The van der Waals surface area contributed by atoms with E-state index in [1.807, 2.05) is 46.8 Å². The summed E-state index contributed by atoms with van der Waals surface area (Å²) in [6.45, 7) is 10.2. The molecule has 0 saturated carbocycles. The van der Waals surface area contributed by atoms with Gasteiger partial charge in [0.15, 0.2) is 0 Å². The Morgan fingerprint density at radius 3 is 1.34 bits per heavy atom. The van der Waals surface area contributed by atoms with E-state index in [1.54, 1.807) is 12.1 Å². The number of hydrogen-bond donors (Lipinski definition) is 0. The zero-order chi connectivity index (χ0) is 27.9. The smallest absolute Gasteiger partial charge is 0.376 e. The maximum atomic E-state index is 12.9. The molecule has 0 aliphatic heterocycles. The van der Waals surface area contributed by atoms with Gasteiger partial charge < -0.3 is 4.18 Å². The molecule has 4 rings (SSSR count). The van der Waals surface area contributed by atoms with E-state index in [0.29, 0.717) is 0 Å². The zero-order valence-electron chi connectivity index (χ0n) is 21.8. The molecule has 0 bridgehead atoms. The first-order chi connectivity index (χ1) is 17.8. The van der Waals surface area contributed by atoms with Crippen LogP contribution in [-0.4, -0.2) is 13.9 Å². The molecule has 0 saturated heterocycles. The lowest BCUT2D eigenvalue weighted by Crippen LogP contribution is -2.31. The highest BCUT2D eigenvalue weighted by atomic mass is 32.2. The number of halogens is 3. The normalized spacial score (nSPS) is 12.4. The van der Waals surface area contributed by atoms with E-state index in [-0.39, 0.29) is 0 Å². The first-order valence-electron chi connectivity index (χ1n) is 12.1. The van der Waals surface area contributed by atoms with Crippen LogP contribution in [0.1, 0.15) is 50.1 Å². The second-order valence-corrected chi connectivity index (χ2v) is 11.3. The first kappa shape index (κ1) is 27.5. The SMILES string of the molecule is Cc1ccc(C(c2ccc(OS(=O)(=O)C(F)(F)F)cc2)(c2ccc(C)c(C)c2)c2ccc(C)c(C)c2)cc1. The Kier molecular flexibility index (Phi) is 7.19. The van der Waals surface area contributed by atoms with Crippen LogP contribution in [0, 0.1) is 34.6 Å². The highest BCUT2D eigenvalue weighted by Gasteiger charge is 2.48. The Bertz CT molecular complexity index is 1520. The molecule has 0 N–H and O–H groups in total. The van der Waals surface area contributed by atoms with E-state index in [1.165, 1.54) is 12.1 Å². The van der Waals surface area contributed by atoms with Gasteiger partial charge in [-0.25, -0.2) is 0 Å². The van der Waals surface area contributed by atoms with E-state index in [9.17, 15) is 21.6 Å². The molecule has 0 aliphatic carbocycles. The van der Waals surface area contributed by atoms with Crippen LogP contribution in [0.25, 0.3) is 0 Å². The van der Waals surface area contributed by atoms with Crippen LogP contribution in [0.3, 0.4) is 0 Å². The van der Waals surface area contributed by atoms with Gasteiger partial charge in [-0.05, 0) is 91.3 Å². The third-order valence-corrected chi connectivity index (χ3v) is 8.12. The molecular formula is C31H29F3O3S. The van der Waals surface area contributed by atoms with Gasteiger partial charge >= 0.3 is 15.6 Å². The minimum atomic E-state index is -5.78. The molecule has 0 spiro atoms. The Balaban J connectivity index is 2.03. The van der Waals surface area contributed by atoms with Gasteiger partial charge in [-0.1, -0.05) is 78.4 Å². The fourth-order valence-corrected chi connectivity index (χ4v) is 5.15. The average molecular weight is 539 g/mol. The summed E-state index contributed by atoms with van der Waals surface area (Å²) in [4.78, 5) is 0. The summed E-state index contributed by atoms with van der Waals surface area (Å²) >= 11 is 0.